The number of hydrogen-bond acceptors (Lipinski definition) is 3. The van der Waals surface area contributed by atoms with Gasteiger partial charge in [-0.3, -0.25) is 9.67 Å². The minimum atomic E-state index is 0.218. The smallest absolute Gasteiger partial charge is 0.157 e. The molecule has 0 amide bonds. The van der Waals surface area contributed by atoms with E-state index >= 15 is 0 Å². The lowest BCUT2D eigenvalue weighted by Gasteiger charge is -2.20. The van der Waals surface area contributed by atoms with Crippen molar-refractivity contribution in [2.24, 2.45) is 12.0 Å². The van der Waals surface area contributed by atoms with E-state index in [1.807, 2.05) is 29.6 Å². The van der Waals surface area contributed by atoms with Crippen LogP contribution in [0.5, 0.6) is 0 Å². The van der Waals surface area contributed by atoms with Crippen LogP contribution >= 0.6 is 11.8 Å². The first-order valence-corrected chi connectivity index (χ1v) is 6.54. The fourth-order valence-corrected chi connectivity index (χ4v) is 2.75. The molecule has 0 aromatic carbocycles. The highest BCUT2D eigenvalue weighted by atomic mass is 32.2. The first kappa shape index (κ1) is 11.5. The van der Waals surface area contributed by atoms with Gasteiger partial charge in [-0.25, -0.2) is 0 Å². The number of nitrogens with one attached hydrogen (secondary N) is 1. The third-order valence-corrected chi connectivity index (χ3v) is 4.31. The summed E-state index contributed by atoms with van der Waals surface area (Å²) >= 11 is 1.81. The second kappa shape index (κ2) is 4.49. The third-order valence-electron chi connectivity index (χ3n) is 3.02. The van der Waals surface area contributed by atoms with E-state index in [0.717, 1.165) is 23.0 Å². The molecule has 1 atom stereocenters. The van der Waals surface area contributed by atoms with Crippen LogP contribution < -0.4 is 5.32 Å². The molecule has 0 saturated carbocycles. The molecule has 1 N–H and O–H groups in total. The van der Waals surface area contributed by atoms with Crippen LogP contribution in [0.1, 0.15) is 26.0 Å². The van der Waals surface area contributed by atoms with Crippen LogP contribution in [0, 0.1) is 0 Å². The zero-order chi connectivity index (χ0) is 11.6. The maximum Gasteiger partial charge on any atom is 0.157 e. The summed E-state index contributed by atoms with van der Waals surface area (Å²) in [6.45, 7) is 5.15. The average molecular weight is 238 g/mol. The lowest BCUT2D eigenvalue weighted by molar-refractivity contribution is 0.466. The number of thioether (sulfide) groups is 1. The molecule has 0 radical (unpaired) electrons. The Morgan fingerprint density at radius 2 is 2.50 bits per heavy atom. The molecule has 16 heavy (non-hydrogen) atoms. The monoisotopic (exact) mass is 238 g/mol. The van der Waals surface area contributed by atoms with Gasteiger partial charge < -0.3 is 5.32 Å². The van der Waals surface area contributed by atoms with Crippen LogP contribution in [0.2, 0.25) is 0 Å². The van der Waals surface area contributed by atoms with Gasteiger partial charge in [0.1, 0.15) is 0 Å². The standard InChI is InChI=1S/C11H18N4S/c1-4-11(2)8-16-10(14-11)12-7-9-5-6-13-15(9)3/h5-6H,4,7-8H2,1-3H3,(H,12,14). The molecule has 5 heteroatoms. The number of rotatable bonds is 3. The molecule has 0 bridgehead atoms. The van der Waals surface area contributed by atoms with Crippen LogP contribution in [0.15, 0.2) is 17.3 Å². The predicted octanol–water partition coefficient (Wildman–Crippen LogP) is 1.78. The molecular formula is C11H18N4S. The Bertz CT molecular complexity index is 398. The van der Waals surface area contributed by atoms with Crippen molar-refractivity contribution < 1.29 is 0 Å². The second-order valence-electron chi connectivity index (χ2n) is 4.40. The molecule has 1 fully saturated rings. The SMILES string of the molecule is CCC1(C)CSC(=NCc2ccnn2C)N1. The zero-order valence-electron chi connectivity index (χ0n) is 10.0. The Morgan fingerprint density at radius 1 is 1.69 bits per heavy atom. The van der Waals surface area contributed by atoms with Crippen LogP contribution in [0.3, 0.4) is 0 Å². The summed E-state index contributed by atoms with van der Waals surface area (Å²) in [5, 5.41) is 8.67. The number of nitrogens with zero attached hydrogens (tertiary/aromatic N) is 3. The van der Waals surface area contributed by atoms with Crippen molar-refractivity contribution in [2.45, 2.75) is 32.4 Å². The van der Waals surface area contributed by atoms with Crippen molar-refractivity contribution in [3.63, 3.8) is 0 Å². The first-order valence-electron chi connectivity index (χ1n) is 5.55. The number of hydrogen-bond donors (Lipinski definition) is 1. The Kier molecular flexibility index (Phi) is 3.23. The van der Waals surface area contributed by atoms with Crippen molar-refractivity contribution in [3.8, 4) is 0 Å². The van der Waals surface area contributed by atoms with E-state index in [2.05, 4.69) is 29.3 Å². The zero-order valence-corrected chi connectivity index (χ0v) is 10.8. The quantitative estimate of drug-likeness (QED) is 0.873. The molecule has 0 aliphatic carbocycles. The van der Waals surface area contributed by atoms with Crippen LogP contribution in [-0.2, 0) is 13.6 Å². The van der Waals surface area contributed by atoms with Gasteiger partial charge in [-0.1, -0.05) is 18.7 Å². The summed E-state index contributed by atoms with van der Waals surface area (Å²) in [6, 6.07) is 2.00. The van der Waals surface area contributed by atoms with E-state index in [-0.39, 0.29) is 5.54 Å². The molecule has 1 unspecified atom stereocenters. The highest BCUT2D eigenvalue weighted by Gasteiger charge is 2.30. The largest absolute Gasteiger partial charge is 0.359 e. The van der Waals surface area contributed by atoms with Gasteiger partial charge in [0.05, 0.1) is 12.2 Å². The van der Waals surface area contributed by atoms with E-state index in [4.69, 9.17) is 0 Å². The first-order chi connectivity index (χ1) is 7.63. The van der Waals surface area contributed by atoms with Gasteiger partial charge in [-0.05, 0) is 19.4 Å². The third kappa shape index (κ3) is 2.40. The van der Waals surface area contributed by atoms with Crippen molar-refractivity contribution in [2.75, 3.05) is 5.75 Å². The Morgan fingerprint density at radius 3 is 3.06 bits per heavy atom. The van der Waals surface area contributed by atoms with Gasteiger partial charge >= 0.3 is 0 Å². The summed E-state index contributed by atoms with van der Waals surface area (Å²) in [5.74, 6) is 1.10. The lowest BCUT2D eigenvalue weighted by atomic mass is 10.0. The highest BCUT2D eigenvalue weighted by Crippen LogP contribution is 2.25. The Hall–Kier alpha value is -0.970. The molecular weight excluding hydrogens is 220 g/mol. The van der Waals surface area contributed by atoms with E-state index in [1.54, 1.807) is 6.20 Å². The van der Waals surface area contributed by atoms with Gasteiger partial charge in [0.15, 0.2) is 5.17 Å². The molecule has 1 aromatic heterocycles. The summed E-state index contributed by atoms with van der Waals surface area (Å²) in [7, 11) is 1.95. The van der Waals surface area contributed by atoms with Crippen molar-refractivity contribution in [3.05, 3.63) is 18.0 Å². The fraction of sp³-hybridized carbons (Fsp3) is 0.636. The van der Waals surface area contributed by atoms with Gasteiger partial charge in [0.2, 0.25) is 0 Å². The van der Waals surface area contributed by atoms with Crippen LogP contribution in [-0.4, -0.2) is 26.2 Å². The number of aliphatic imine (C=N–C) groups is 1. The topological polar surface area (TPSA) is 42.2 Å². The fourth-order valence-electron chi connectivity index (χ4n) is 1.54. The van der Waals surface area contributed by atoms with Gasteiger partial charge in [0, 0.05) is 24.5 Å². The lowest BCUT2D eigenvalue weighted by Crippen LogP contribution is -2.39. The Balaban J connectivity index is 1.98. The van der Waals surface area contributed by atoms with Crippen LogP contribution in [0.25, 0.3) is 0 Å². The van der Waals surface area contributed by atoms with Gasteiger partial charge in [-0.2, -0.15) is 5.10 Å². The number of amidine groups is 1. The Labute approximate surface area is 101 Å². The molecule has 1 aliphatic rings. The van der Waals surface area contributed by atoms with E-state index in [0.29, 0.717) is 6.54 Å². The van der Waals surface area contributed by atoms with Crippen molar-refractivity contribution in [1.82, 2.24) is 15.1 Å². The molecule has 0 spiro atoms. The molecule has 2 rings (SSSR count). The normalized spacial score (nSPS) is 27.3. The van der Waals surface area contributed by atoms with E-state index < -0.39 is 0 Å². The minimum absolute atomic E-state index is 0.218. The van der Waals surface area contributed by atoms with Gasteiger partial charge in [0.25, 0.3) is 0 Å². The molecule has 4 nitrogen and oxygen atoms in total. The summed E-state index contributed by atoms with van der Waals surface area (Å²) < 4.78 is 1.86. The molecule has 2 heterocycles. The summed E-state index contributed by atoms with van der Waals surface area (Å²) in [5.41, 5.74) is 1.36. The van der Waals surface area contributed by atoms with Crippen LogP contribution in [0.4, 0.5) is 0 Å². The van der Waals surface area contributed by atoms with E-state index in [1.165, 1.54) is 0 Å². The highest BCUT2D eigenvalue weighted by molar-refractivity contribution is 8.14. The average Bonchev–Trinajstić information content (AvgIpc) is 2.84. The molecule has 1 saturated heterocycles. The number of aryl methyl sites for hydroxylation is 1. The molecule has 1 aromatic rings. The van der Waals surface area contributed by atoms with Gasteiger partial charge in [-0.15, -0.1) is 0 Å². The summed E-state index contributed by atoms with van der Waals surface area (Å²) in [4.78, 5) is 4.58. The maximum atomic E-state index is 4.58. The van der Waals surface area contributed by atoms with Crippen molar-refractivity contribution >= 4 is 16.9 Å². The maximum absolute atomic E-state index is 4.58. The predicted molar refractivity (Wildman–Crippen MR) is 68.6 cm³/mol. The van der Waals surface area contributed by atoms with Crippen molar-refractivity contribution in [1.29, 1.82) is 0 Å². The minimum Gasteiger partial charge on any atom is -0.359 e. The van der Waals surface area contributed by atoms with E-state index in [9.17, 15) is 0 Å². The summed E-state index contributed by atoms with van der Waals surface area (Å²) in [6.07, 6.45) is 2.94. The number of aromatic nitrogens is 2. The second-order valence-corrected chi connectivity index (χ2v) is 5.36. The molecule has 88 valence electrons. The molecule has 1 aliphatic heterocycles.